The van der Waals surface area contributed by atoms with Crippen LogP contribution >= 0.6 is 0 Å². The predicted molar refractivity (Wildman–Crippen MR) is 55.0 cm³/mol. The number of aromatic nitrogens is 1. The lowest BCUT2D eigenvalue weighted by atomic mass is 9.85. The summed E-state index contributed by atoms with van der Waals surface area (Å²) in [5, 5.41) is 7.40. The van der Waals surface area contributed by atoms with E-state index in [1.54, 1.807) is 0 Å². The Bertz CT molecular complexity index is 283. The minimum atomic E-state index is 0.900. The average molecular weight is 194 g/mol. The van der Waals surface area contributed by atoms with Crippen LogP contribution in [0.2, 0.25) is 0 Å². The third-order valence-electron chi connectivity index (χ3n) is 3.14. The molecule has 1 fully saturated rings. The number of rotatable bonds is 4. The van der Waals surface area contributed by atoms with Gasteiger partial charge in [0.2, 0.25) is 0 Å². The van der Waals surface area contributed by atoms with Crippen molar-refractivity contribution in [2.45, 2.75) is 39.7 Å². The van der Waals surface area contributed by atoms with Gasteiger partial charge in [0.05, 0.1) is 5.69 Å². The highest BCUT2D eigenvalue weighted by Gasteiger charge is 2.17. The van der Waals surface area contributed by atoms with Gasteiger partial charge in [-0.2, -0.15) is 0 Å². The van der Waals surface area contributed by atoms with Crippen LogP contribution in [-0.2, 0) is 6.54 Å². The molecule has 3 nitrogen and oxygen atoms in total. The van der Waals surface area contributed by atoms with E-state index < -0.39 is 0 Å². The van der Waals surface area contributed by atoms with E-state index in [9.17, 15) is 0 Å². The quantitative estimate of drug-likeness (QED) is 0.798. The van der Waals surface area contributed by atoms with Crippen molar-refractivity contribution >= 4 is 0 Å². The van der Waals surface area contributed by atoms with Gasteiger partial charge in [-0.3, -0.25) is 0 Å². The molecule has 0 amide bonds. The lowest BCUT2D eigenvalue weighted by Crippen LogP contribution is -2.27. The van der Waals surface area contributed by atoms with Crippen molar-refractivity contribution in [3.05, 3.63) is 17.0 Å². The van der Waals surface area contributed by atoms with Gasteiger partial charge in [-0.15, -0.1) is 0 Å². The lowest BCUT2D eigenvalue weighted by molar-refractivity contribution is 0.301. The smallest absolute Gasteiger partial charge is 0.138 e. The summed E-state index contributed by atoms with van der Waals surface area (Å²) in [6, 6.07) is 0. The third kappa shape index (κ3) is 1.98. The van der Waals surface area contributed by atoms with Gasteiger partial charge in [-0.05, 0) is 39.2 Å². The minimum absolute atomic E-state index is 0.900. The Labute approximate surface area is 84.9 Å². The number of nitrogens with one attached hydrogen (secondary N) is 1. The topological polar surface area (TPSA) is 38.1 Å². The summed E-state index contributed by atoms with van der Waals surface area (Å²) < 4.78 is 5.10. The second-order valence-electron chi connectivity index (χ2n) is 4.23. The Morgan fingerprint density at radius 3 is 2.71 bits per heavy atom. The Balaban J connectivity index is 1.79. The molecule has 1 N–H and O–H groups in total. The fourth-order valence-corrected chi connectivity index (χ4v) is 1.85. The van der Waals surface area contributed by atoms with E-state index >= 15 is 0 Å². The summed E-state index contributed by atoms with van der Waals surface area (Å²) >= 11 is 0. The van der Waals surface area contributed by atoms with Crippen molar-refractivity contribution in [2.24, 2.45) is 5.92 Å². The van der Waals surface area contributed by atoms with E-state index in [4.69, 9.17) is 4.52 Å². The summed E-state index contributed by atoms with van der Waals surface area (Å²) in [7, 11) is 0. The van der Waals surface area contributed by atoms with Crippen LogP contribution in [0.4, 0.5) is 0 Å². The van der Waals surface area contributed by atoms with Gasteiger partial charge < -0.3 is 9.84 Å². The van der Waals surface area contributed by atoms with Crippen molar-refractivity contribution in [3.63, 3.8) is 0 Å². The highest BCUT2D eigenvalue weighted by Crippen LogP contribution is 2.25. The Hall–Kier alpha value is -0.830. The van der Waals surface area contributed by atoms with Crippen LogP contribution < -0.4 is 5.32 Å². The highest BCUT2D eigenvalue weighted by atomic mass is 16.5. The molecule has 1 saturated carbocycles. The molecule has 3 heteroatoms. The molecular weight excluding hydrogens is 176 g/mol. The van der Waals surface area contributed by atoms with E-state index in [0.29, 0.717) is 0 Å². The first kappa shape index (κ1) is 9.71. The van der Waals surface area contributed by atoms with Crippen molar-refractivity contribution in [1.82, 2.24) is 10.5 Å². The van der Waals surface area contributed by atoms with Crippen LogP contribution in [0.3, 0.4) is 0 Å². The molecule has 0 aliphatic heterocycles. The summed E-state index contributed by atoms with van der Waals surface area (Å²) in [4.78, 5) is 0. The maximum atomic E-state index is 5.10. The zero-order chi connectivity index (χ0) is 9.97. The monoisotopic (exact) mass is 194 g/mol. The SMILES string of the molecule is Cc1noc(C)c1CNCC1CCC1. The van der Waals surface area contributed by atoms with Gasteiger partial charge in [0, 0.05) is 12.1 Å². The van der Waals surface area contributed by atoms with Crippen LogP contribution in [-0.4, -0.2) is 11.7 Å². The second kappa shape index (κ2) is 4.13. The van der Waals surface area contributed by atoms with Crippen molar-refractivity contribution in [1.29, 1.82) is 0 Å². The average Bonchev–Trinajstić information content (AvgIpc) is 2.39. The molecule has 14 heavy (non-hydrogen) atoms. The molecule has 78 valence electrons. The zero-order valence-electron chi connectivity index (χ0n) is 8.97. The van der Waals surface area contributed by atoms with Gasteiger partial charge in [0.1, 0.15) is 5.76 Å². The maximum Gasteiger partial charge on any atom is 0.138 e. The minimum Gasteiger partial charge on any atom is -0.361 e. The van der Waals surface area contributed by atoms with Gasteiger partial charge in [0.15, 0.2) is 0 Å². The van der Waals surface area contributed by atoms with Crippen molar-refractivity contribution < 1.29 is 4.52 Å². The molecule has 2 rings (SSSR count). The third-order valence-corrected chi connectivity index (χ3v) is 3.14. The summed E-state index contributed by atoms with van der Waals surface area (Å²) in [6.07, 6.45) is 4.21. The lowest BCUT2D eigenvalue weighted by Gasteiger charge is -2.25. The van der Waals surface area contributed by atoms with Gasteiger partial charge in [-0.25, -0.2) is 0 Å². The molecule has 0 bridgehead atoms. The standard InChI is InChI=1S/C11H18N2O/c1-8-11(9(2)14-13-8)7-12-6-10-4-3-5-10/h10,12H,3-7H2,1-2H3. The van der Waals surface area contributed by atoms with Gasteiger partial charge >= 0.3 is 0 Å². The molecule has 1 aromatic rings. The zero-order valence-corrected chi connectivity index (χ0v) is 8.97. The van der Waals surface area contributed by atoms with Gasteiger partial charge in [-0.1, -0.05) is 11.6 Å². The normalized spacial score (nSPS) is 17.0. The molecule has 1 aliphatic carbocycles. The molecule has 0 aromatic carbocycles. The first-order valence-electron chi connectivity index (χ1n) is 5.40. The maximum absolute atomic E-state index is 5.10. The van der Waals surface area contributed by atoms with E-state index in [2.05, 4.69) is 10.5 Å². The molecule has 0 unspecified atom stereocenters. The second-order valence-corrected chi connectivity index (χ2v) is 4.23. The summed E-state index contributed by atoms with van der Waals surface area (Å²) in [6.45, 7) is 6.01. The highest BCUT2D eigenvalue weighted by molar-refractivity contribution is 5.20. The molecule has 0 radical (unpaired) electrons. The number of aryl methyl sites for hydroxylation is 2. The molecule has 0 saturated heterocycles. The van der Waals surface area contributed by atoms with E-state index in [0.717, 1.165) is 30.5 Å². The largest absolute Gasteiger partial charge is 0.361 e. The Morgan fingerprint density at radius 1 is 1.43 bits per heavy atom. The number of hydrogen-bond acceptors (Lipinski definition) is 3. The van der Waals surface area contributed by atoms with Crippen LogP contribution in [0.15, 0.2) is 4.52 Å². The van der Waals surface area contributed by atoms with Crippen molar-refractivity contribution in [2.75, 3.05) is 6.54 Å². The molecule has 1 heterocycles. The first-order chi connectivity index (χ1) is 6.77. The molecule has 0 atom stereocenters. The molecule has 0 spiro atoms. The molecule has 1 aromatic heterocycles. The fraction of sp³-hybridized carbons (Fsp3) is 0.727. The Kier molecular flexibility index (Phi) is 2.87. The van der Waals surface area contributed by atoms with Crippen LogP contribution in [0.5, 0.6) is 0 Å². The van der Waals surface area contributed by atoms with Gasteiger partial charge in [0.25, 0.3) is 0 Å². The van der Waals surface area contributed by atoms with Crippen LogP contribution in [0, 0.1) is 19.8 Å². The summed E-state index contributed by atoms with van der Waals surface area (Å²) in [5.74, 6) is 1.86. The van der Waals surface area contributed by atoms with E-state index in [-0.39, 0.29) is 0 Å². The number of nitrogens with zero attached hydrogens (tertiary/aromatic N) is 1. The summed E-state index contributed by atoms with van der Waals surface area (Å²) in [5.41, 5.74) is 2.24. The molecular formula is C11H18N2O. The predicted octanol–water partition coefficient (Wildman–Crippen LogP) is 2.18. The van der Waals surface area contributed by atoms with E-state index in [1.807, 2.05) is 13.8 Å². The first-order valence-corrected chi connectivity index (χ1v) is 5.40. The van der Waals surface area contributed by atoms with Crippen LogP contribution in [0.1, 0.15) is 36.3 Å². The van der Waals surface area contributed by atoms with Crippen molar-refractivity contribution in [3.8, 4) is 0 Å². The molecule has 1 aliphatic rings. The Morgan fingerprint density at radius 2 is 2.21 bits per heavy atom. The van der Waals surface area contributed by atoms with Crippen LogP contribution in [0.25, 0.3) is 0 Å². The number of hydrogen-bond donors (Lipinski definition) is 1. The van der Waals surface area contributed by atoms with E-state index in [1.165, 1.54) is 24.8 Å². The fourth-order valence-electron chi connectivity index (χ4n) is 1.85.